The maximum absolute atomic E-state index is 4.46. The minimum absolute atomic E-state index is 0.0792. The van der Waals surface area contributed by atoms with Gasteiger partial charge in [-0.05, 0) is 40.1 Å². The van der Waals surface area contributed by atoms with Crippen LogP contribution in [-0.2, 0) is 0 Å². The van der Waals surface area contributed by atoms with Crippen LogP contribution in [0.15, 0.2) is 34.9 Å². The van der Waals surface area contributed by atoms with Crippen LogP contribution in [0.3, 0.4) is 0 Å². The average Bonchev–Trinajstić information content (AvgIpc) is 2.37. The monoisotopic (exact) mass is 321 g/mol. The van der Waals surface area contributed by atoms with E-state index in [0.29, 0.717) is 0 Å². The van der Waals surface area contributed by atoms with Crippen LogP contribution in [0, 0.1) is 0 Å². The Balaban J connectivity index is 2.29. The summed E-state index contributed by atoms with van der Waals surface area (Å²) in [5.41, 5.74) is 0.0792. The maximum Gasteiger partial charge on any atom is 0.133 e. The summed E-state index contributed by atoms with van der Waals surface area (Å²) >= 11 is 3.58. The number of fused-ring (bicyclic) bond motifs is 1. The molecule has 0 atom stereocenters. The summed E-state index contributed by atoms with van der Waals surface area (Å²) in [6, 6.07) is 8.21. The number of nitrogens with one attached hydrogen (secondary N) is 1. The number of rotatable bonds is 4. The van der Waals surface area contributed by atoms with Crippen LogP contribution in [0.5, 0.6) is 0 Å². The van der Waals surface area contributed by atoms with Gasteiger partial charge in [0.1, 0.15) is 5.82 Å². The fourth-order valence-corrected chi connectivity index (χ4v) is 2.27. The van der Waals surface area contributed by atoms with Gasteiger partial charge < -0.3 is 10.2 Å². The highest BCUT2D eigenvalue weighted by Crippen LogP contribution is 2.28. The van der Waals surface area contributed by atoms with Crippen molar-refractivity contribution in [3.8, 4) is 0 Å². The van der Waals surface area contributed by atoms with Gasteiger partial charge in [-0.1, -0.05) is 28.1 Å². The Kier molecular flexibility index (Phi) is 4.11. The van der Waals surface area contributed by atoms with E-state index in [1.165, 1.54) is 5.39 Å². The number of hydrogen-bond donors (Lipinski definition) is 1. The Morgan fingerprint density at radius 1 is 1.21 bits per heavy atom. The van der Waals surface area contributed by atoms with Gasteiger partial charge >= 0.3 is 0 Å². The number of anilines is 1. The molecule has 1 aromatic heterocycles. The molecular weight excluding hydrogens is 302 g/mol. The topological polar surface area (TPSA) is 28.2 Å². The van der Waals surface area contributed by atoms with Crippen molar-refractivity contribution in [1.82, 2.24) is 9.88 Å². The Bertz CT molecular complexity index is 579. The summed E-state index contributed by atoms with van der Waals surface area (Å²) in [5, 5.41) is 5.79. The molecule has 0 spiro atoms. The van der Waals surface area contributed by atoms with E-state index < -0.39 is 0 Å². The first kappa shape index (κ1) is 14.3. The minimum Gasteiger partial charge on any atom is -0.368 e. The van der Waals surface area contributed by atoms with Crippen LogP contribution in [0.4, 0.5) is 5.82 Å². The van der Waals surface area contributed by atoms with Crippen molar-refractivity contribution in [2.75, 3.05) is 26.0 Å². The first-order chi connectivity index (χ1) is 8.92. The number of nitrogens with zero attached hydrogens (tertiary/aromatic N) is 2. The van der Waals surface area contributed by atoms with E-state index in [-0.39, 0.29) is 5.54 Å². The van der Waals surface area contributed by atoms with Gasteiger partial charge in [-0.2, -0.15) is 0 Å². The van der Waals surface area contributed by atoms with Crippen LogP contribution in [0.2, 0.25) is 0 Å². The van der Waals surface area contributed by atoms with E-state index in [2.05, 4.69) is 71.2 Å². The molecule has 0 radical (unpaired) electrons. The second-order valence-electron chi connectivity index (χ2n) is 5.55. The molecule has 0 aliphatic heterocycles. The summed E-state index contributed by atoms with van der Waals surface area (Å²) in [7, 11) is 4.18. The SMILES string of the molecule is CN(C)C(C)(C)CNc1nccc2c(Br)cccc12. The first-order valence-corrected chi connectivity index (χ1v) is 7.15. The van der Waals surface area contributed by atoms with Crippen molar-refractivity contribution in [3.05, 3.63) is 34.9 Å². The lowest BCUT2D eigenvalue weighted by Crippen LogP contribution is -2.44. The molecule has 0 unspecified atom stereocenters. The fraction of sp³-hybridized carbons (Fsp3) is 0.400. The largest absolute Gasteiger partial charge is 0.368 e. The Morgan fingerprint density at radius 3 is 2.63 bits per heavy atom. The molecule has 0 saturated carbocycles. The first-order valence-electron chi connectivity index (χ1n) is 6.36. The molecule has 4 heteroatoms. The molecular formula is C15H20BrN3. The van der Waals surface area contributed by atoms with Gasteiger partial charge in [-0.15, -0.1) is 0 Å². The zero-order chi connectivity index (χ0) is 14.0. The van der Waals surface area contributed by atoms with Gasteiger partial charge in [0, 0.05) is 33.5 Å². The molecule has 1 aromatic carbocycles. The molecule has 1 N–H and O–H groups in total. The quantitative estimate of drug-likeness (QED) is 0.929. The lowest BCUT2D eigenvalue weighted by atomic mass is 10.0. The van der Waals surface area contributed by atoms with Crippen molar-refractivity contribution >= 4 is 32.5 Å². The van der Waals surface area contributed by atoms with Crippen molar-refractivity contribution in [1.29, 1.82) is 0 Å². The molecule has 0 saturated heterocycles. The normalized spacial score (nSPS) is 12.1. The molecule has 0 fully saturated rings. The summed E-state index contributed by atoms with van der Waals surface area (Å²) in [6.07, 6.45) is 1.85. The Morgan fingerprint density at radius 2 is 1.95 bits per heavy atom. The van der Waals surface area contributed by atoms with Crippen molar-refractivity contribution in [2.45, 2.75) is 19.4 Å². The molecule has 3 nitrogen and oxygen atoms in total. The van der Waals surface area contributed by atoms with E-state index >= 15 is 0 Å². The standard InChI is InChI=1S/C15H20BrN3/c1-15(2,19(3)4)10-18-14-12-6-5-7-13(16)11(12)8-9-17-14/h5-9H,10H2,1-4H3,(H,17,18). The highest BCUT2D eigenvalue weighted by atomic mass is 79.9. The number of aromatic nitrogens is 1. The van der Waals surface area contributed by atoms with Crippen molar-refractivity contribution in [2.24, 2.45) is 0 Å². The molecule has 102 valence electrons. The minimum atomic E-state index is 0.0792. The summed E-state index contributed by atoms with van der Waals surface area (Å²) in [5.74, 6) is 0.939. The predicted octanol–water partition coefficient (Wildman–Crippen LogP) is 3.75. The van der Waals surface area contributed by atoms with Crippen LogP contribution in [0.1, 0.15) is 13.8 Å². The number of halogens is 1. The van der Waals surface area contributed by atoms with Gasteiger partial charge in [0.2, 0.25) is 0 Å². The van der Waals surface area contributed by atoms with E-state index in [0.717, 1.165) is 22.2 Å². The van der Waals surface area contributed by atoms with Crippen molar-refractivity contribution < 1.29 is 0 Å². The third-order valence-corrected chi connectivity index (χ3v) is 4.34. The Hall–Kier alpha value is -1.13. The highest BCUT2D eigenvalue weighted by molar-refractivity contribution is 9.10. The molecule has 2 rings (SSSR count). The van der Waals surface area contributed by atoms with Gasteiger partial charge in [0.15, 0.2) is 0 Å². The summed E-state index contributed by atoms with van der Waals surface area (Å²) < 4.78 is 1.10. The summed E-state index contributed by atoms with van der Waals surface area (Å²) in [4.78, 5) is 6.67. The maximum atomic E-state index is 4.46. The average molecular weight is 322 g/mol. The zero-order valence-corrected chi connectivity index (χ0v) is 13.5. The van der Waals surface area contributed by atoms with Crippen LogP contribution in [0.25, 0.3) is 10.8 Å². The number of benzene rings is 1. The molecule has 0 bridgehead atoms. The lowest BCUT2D eigenvalue weighted by molar-refractivity contribution is 0.210. The number of likely N-dealkylation sites (N-methyl/N-ethyl adjacent to an activating group) is 1. The van der Waals surface area contributed by atoms with Gasteiger partial charge in [-0.3, -0.25) is 0 Å². The molecule has 0 aliphatic rings. The smallest absolute Gasteiger partial charge is 0.133 e. The third-order valence-electron chi connectivity index (χ3n) is 3.65. The van der Waals surface area contributed by atoms with E-state index in [1.54, 1.807) is 0 Å². The number of pyridine rings is 1. The van der Waals surface area contributed by atoms with E-state index in [4.69, 9.17) is 0 Å². The van der Waals surface area contributed by atoms with Gasteiger partial charge in [-0.25, -0.2) is 4.98 Å². The molecule has 0 amide bonds. The fourth-order valence-electron chi connectivity index (χ4n) is 1.77. The molecule has 1 heterocycles. The molecule has 2 aromatic rings. The lowest BCUT2D eigenvalue weighted by Gasteiger charge is -2.33. The second-order valence-corrected chi connectivity index (χ2v) is 6.41. The Labute approximate surface area is 123 Å². The highest BCUT2D eigenvalue weighted by Gasteiger charge is 2.20. The second kappa shape index (κ2) is 5.47. The van der Waals surface area contributed by atoms with Crippen molar-refractivity contribution in [3.63, 3.8) is 0 Å². The van der Waals surface area contributed by atoms with Gasteiger partial charge in [0.25, 0.3) is 0 Å². The van der Waals surface area contributed by atoms with Crippen LogP contribution in [-0.4, -0.2) is 36.1 Å². The van der Waals surface area contributed by atoms with Crippen LogP contribution >= 0.6 is 15.9 Å². The zero-order valence-electron chi connectivity index (χ0n) is 11.9. The van der Waals surface area contributed by atoms with E-state index in [1.807, 2.05) is 18.3 Å². The predicted molar refractivity (Wildman–Crippen MR) is 85.7 cm³/mol. The van der Waals surface area contributed by atoms with Crippen LogP contribution < -0.4 is 5.32 Å². The number of hydrogen-bond acceptors (Lipinski definition) is 3. The third kappa shape index (κ3) is 3.07. The summed E-state index contributed by atoms with van der Waals surface area (Å²) in [6.45, 7) is 5.26. The van der Waals surface area contributed by atoms with E-state index in [9.17, 15) is 0 Å². The van der Waals surface area contributed by atoms with Gasteiger partial charge in [0.05, 0.1) is 0 Å². The molecule has 19 heavy (non-hydrogen) atoms. The molecule has 0 aliphatic carbocycles.